The monoisotopic (exact) mass is 388 g/mol. The maximum Gasteiger partial charge on any atom is 0.260 e. The number of hydrogen-bond donors (Lipinski definition) is 1. The number of rotatable bonds is 4. The van der Waals surface area contributed by atoms with Crippen LogP contribution in [0.25, 0.3) is 0 Å². The zero-order valence-electron chi connectivity index (χ0n) is 15.6. The third-order valence-electron chi connectivity index (χ3n) is 4.95. The van der Waals surface area contributed by atoms with E-state index in [1.165, 1.54) is 16.2 Å². The van der Waals surface area contributed by atoms with Crippen molar-refractivity contribution in [2.45, 2.75) is 26.2 Å². The average Bonchev–Trinajstić information content (AvgIpc) is 3.05. The number of aryl methyl sites for hydroxylation is 1. The number of fused-ring (bicyclic) bond motifs is 1. The Bertz CT molecular complexity index is 1050. The number of nitrogens with zero attached hydrogens (tertiary/aromatic N) is 1. The summed E-state index contributed by atoms with van der Waals surface area (Å²) >= 11 is 1.53. The van der Waals surface area contributed by atoms with E-state index in [0.29, 0.717) is 33.5 Å². The van der Waals surface area contributed by atoms with Crippen LogP contribution in [0.15, 0.2) is 54.6 Å². The molecule has 1 aromatic heterocycles. The Balaban J connectivity index is 1.61. The minimum Gasteiger partial charge on any atom is -0.457 e. The summed E-state index contributed by atoms with van der Waals surface area (Å²) in [7, 11) is 0. The van der Waals surface area contributed by atoms with Gasteiger partial charge in [-0.1, -0.05) is 37.3 Å². The van der Waals surface area contributed by atoms with E-state index in [-0.39, 0.29) is 5.91 Å². The van der Waals surface area contributed by atoms with E-state index in [1.807, 2.05) is 36.4 Å². The summed E-state index contributed by atoms with van der Waals surface area (Å²) in [4.78, 5) is 14.2. The summed E-state index contributed by atoms with van der Waals surface area (Å²) in [6, 6.07) is 18.8. The van der Waals surface area contributed by atoms with Gasteiger partial charge in [-0.15, -0.1) is 11.3 Å². The average molecular weight is 388 g/mol. The molecule has 4 nitrogen and oxygen atoms in total. The minimum atomic E-state index is -0.269. The molecule has 0 saturated heterocycles. The van der Waals surface area contributed by atoms with Crippen molar-refractivity contribution in [3.05, 3.63) is 76.2 Å². The molecule has 28 heavy (non-hydrogen) atoms. The molecule has 0 aliphatic heterocycles. The number of ether oxygens (including phenoxy) is 1. The first-order valence-electron chi connectivity index (χ1n) is 9.33. The molecule has 0 fully saturated rings. The fourth-order valence-corrected chi connectivity index (χ4v) is 4.68. The van der Waals surface area contributed by atoms with Gasteiger partial charge in [0.25, 0.3) is 5.91 Å². The van der Waals surface area contributed by atoms with Gasteiger partial charge in [-0.2, -0.15) is 5.26 Å². The lowest BCUT2D eigenvalue weighted by molar-refractivity contribution is 0.102. The number of benzene rings is 2. The molecule has 1 N–H and O–H groups in total. The maximum atomic E-state index is 13.0. The number of carbonyl (C=O) groups is 1. The molecule has 140 valence electrons. The molecule has 1 atom stereocenters. The normalized spacial score (nSPS) is 15.4. The predicted octanol–water partition coefficient (Wildman–Crippen LogP) is 5.79. The largest absolute Gasteiger partial charge is 0.457 e. The van der Waals surface area contributed by atoms with Gasteiger partial charge in [0.15, 0.2) is 0 Å². The highest BCUT2D eigenvalue weighted by Crippen LogP contribution is 2.39. The second-order valence-electron chi connectivity index (χ2n) is 7.03. The Hall–Kier alpha value is -3.10. The third kappa shape index (κ3) is 3.64. The zero-order valence-corrected chi connectivity index (χ0v) is 16.4. The van der Waals surface area contributed by atoms with Crippen molar-refractivity contribution in [1.29, 1.82) is 5.26 Å². The molecule has 0 spiro atoms. The lowest BCUT2D eigenvalue weighted by Gasteiger charge is -2.17. The zero-order chi connectivity index (χ0) is 19.5. The van der Waals surface area contributed by atoms with E-state index in [1.54, 1.807) is 18.2 Å². The first kappa shape index (κ1) is 18.3. The standard InChI is InChI=1S/C23H20N2O2S/c1-15-11-12-21-18(13-15)19(14-24)23(28-21)25-22(26)17-9-5-6-10-20(17)27-16-7-3-2-4-8-16/h2-10,15H,11-13H2,1H3,(H,25,26)/t15-/m1/s1. The molecule has 0 saturated carbocycles. The fraction of sp³-hybridized carbons (Fsp3) is 0.217. The number of hydrogen-bond acceptors (Lipinski definition) is 4. The Morgan fingerprint density at radius 3 is 2.71 bits per heavy atom. The van der Waals surface area contributed by atoms with Crippen LogP contribution in [0.5, 0.6) is 11.5 Å². The van der Waals surface area contributed by atoms with Crippen LogP contribution >= 0.6 is 11.3 Å². The van der Waals surface area contributed by atoms with Gasteiger partial charge in [-0.3, -0.25) is 4.79 Å². The van der Waals surface area contributed by atoms with Crippen LogP contribution in [0.4, 0.5) is 5.00 Å². The lowest BCUT2D eigenvalue weighted by Crippen LogP contribution is -2.13. The molecule has 0 bridgehead atoms. The lowest BCUT2D eigenvalue weighted by atomic mass is 9.88. The van der Waals surface area contributed by atoms with Gasteiger partial charge in [0.2, 0.25) is 0 Å². The molecule has 1 aliphatic rings. The molecule has 0 radical (unpaired) electrons. The number of anilines is 1. The second-order valence-corrected chi connectivity index (χ2v) is 8.14. The Kier molecular flexibility index (Phi) is 5.14. The summed E-state index contributed by atoms with van der Waals surface area (Å²) in [5.41, 5.74) is 2.16. The molecular weight excluding hydrogens is 368 g/mol. The van der Waals surface area contributed by atoms with Crippen LogP contribution in [-0.4, -0.2) is 5.91 Å². The molecule has 0 unspecified atom stereocenters. The van der Waals surface area contributed by atoms with E-state index in [0.717, 1.165) is 24.8 Å². The van der Waals surface area contributed by atoms with Crippen molar-refractivity contribution >= 4 is 22.2 Å². The maximum absolute atomic E-state index is 13.0. The Morgan fingerprint density at radius 2 is 1.93 bits per heavy atom. The van der Waals surface area contributed by atoms with E-state index >= 15 is 0 Å². The quantitative estimate of drug-likeness (QED) is 0.615. The Labute approximate surface area is 168 Å². The Morgan fingerprint density at radius 1 is 1.18 bits per heavy atom. The van der Waals surface area contributed by atoms with Crippen LogP contribution < -0.4 is 10.1 Å². The van der Waals surface area contributed by atoms with Gasteiger partial charge in [0.1, 0.15) is 22.6 Å². The van der Waals surface area contributed by atoms with Crippen molar-refractivity contribution in [1.82, 2.24) is 0 Å². The number of nitriles is 1. The fourth-order valence-electron chi connectivity index (χ4n) is 3.49. The van der Waals surface area contributed by atoms with Gasteiger partial charge in [-0.25, -0.2) is 0 Å². The summed E-state index contributed by atoms with van der Waals surface area (Å²) < 4.78 is 5.90. The van der Waals surface area contributed by atoms with Crippen LogP contribution in [0.3, 0.4) is 0 Å². The topological polar surface area (TPSA) is 62.1 Å². The molecule has 5 heteroatoms. The number of carbonyl (C=O) groups excluding carboxylic acids is 1. The van der Waals surface area contributed by atoms with Crippen LogP contribution in [0.1, 0.15) is 39.7 Å². The van der Waals surface area contributed by atoms with Gasteiger partial charge < -0.3 is 10.1 Å². The molecule has 1 heterocycles. The highest BCUT2D eigenvalue weighted by molar-refractivity contribution is 7.16. The highest BCUT2D eigenvalue weighted by Gasteiger charge is 2.25. The van der Waals surface area contributed by atoms with Crippen molar-refractivity contribution in [2.75, 3.05) is 5.32 Å². The van der Waals surface area contributed by atoms with E-state index in [4.69, 9.17) is 4.74 Å². The molecule has 1 amide bonds. The summed E-state index contributed by atoms with van der Waals surface area (Å²) in [5.74, 6) is 1.45. The van der Waals surface area contributed by atoms with Crippen LogP contribution in [0.2, 0.25) is 0 Å². The highest BCUT2D eigenvalue weighted by atomic mass is 32.1. The number of para-hydroxylation sites is 2. The van der Waals surface area contributed by atoms with E-state index < -0.39 is 0 Å². The van der Waals surface area contributed by atoms with E-state index in [2.05, 4.69) is 18.3 Å². The second kappa shape index (κ2) is 7.87. The number of thiophene rings is 1. The van der Waals surface area contributed by atoms with E-state index in [9.17, 15) is 10.1 Å². The first-order chi connectivity index (χ1) is 13.7. The SMILES string of the molecule is C[C@@H]1CCc2sc(NC(=O)c3ccccc3Oc3ccccc3)c(C#N)c2C1. The molecule has 4 rings (SSSR count). The van der Waals surface area contributed by atoms with Gasteiger partial charge in [0.05, 0.1) is 11.1 Å². The van der Waals surface area contributed by atoms with Crippen molar-refractivity contribution in [2.24, 2.45) is 5.92 Å². The van der Waals surface area contributed by atoms with Gasteiger partial charge in [-0.05, 0) is 55.0 Å². The molecular formula is C23H20N2O2S. The third-order valence-corrected chi connectivity index (χ3v) is 6.16. The minimum absolute atomic E-state index is 0.269. The van der Waals surface area contributed by atoms with Crippen LogP contribution in [0, 0.1) is 17.2 Å². The molecule has 2 aromatic carbocycles. The molecule has 1 aliphatic carbocycles. The van der Waals surface area contributed by atoms with Crippen molar-refractivity contribution < 1.29 is 9.53 Å². The molecule has 3 aromatic rings. The van der Waals surface area contributed by atoms with Gasteiger partial charge >= 0.3 is 0 Å². The summed E-state index contributed by atoms with van der Waals surface area (Å²) in [6.07, 6.45) is 3.00. The number of amides is 1. The predicted molar refractivity (Wildman–Crippen MR) is 111 cm³/mol. The summed E-state index contributed by atoms with van der Waals surface area (Å²) in [6.45, 7) is 2.21. The van der Waals surface area contributed by atoms with Gasteiger partial charge in [0, 0.05) is 4.88 Å². The number of nitrogens with one attached hydrogen (secondary N) is 1. The first-order valence-corrected chi connectivity index (χ1v) is 10.1. The van der Waals surface area contributed by atoms with Crippen LogP contribution in [-0.2, 0) is 12.8 Å². The van der Waals surface area contributed by atoms with Crippen molar-refractivity contribution in [3.63, 3.8) is 0 Å². The summed E-state index contributed by atoms with van der Waals surface area (Å²) in [5, 5.41) is 13.3. The van der Waals surface area contributed by atoms with Crippen molar-refractivity contribution in [3.8, 4) is 17.6 Å². The smallest absolute Gasteiger partial charge is 0.260 e.